The fourth-order valence-corrected chi connectivity index (χ4v) is 3.30. The van der Waals surface area contributed by atoms with Gasteiger partial charge in [-0.25, -0.2) is 9.97 Å². The third-order valence-corrected chi connectivity index (χ3v) is 4.56. The fourth-order valence-electron chi connectivity index (χ4n) is 3.10. The van der Waals surface area contributed by atoms with Crippen LogP contribution in [0.3, 0.4) is 0 Å². The Labute approximate surface area is 134 Å². The number of pyridine rings is 1. The zero-order valence-electron chi connectivity index (χ0n) is 12.2. The smallest absolute Gasteiger partial charge is 0.160 e. The minimum absolute atomic E-state index is 0.302. The van der Waals surface area contributed by atoms with Crippen LogP contribution in [0.4, 0.5) is 0 Å². The minimum Gasteiger partial charge on any atom is -0.307 e. The molecule has 4 nitrogen and oxygen atoms in total. The van der Waals surface area contributed by atoms with Crippen LogP contribution in [0.5, 0.6) is 0 Å². The van der Waals surface area contributed by atoms with E-state index in [2.05, 4.69) is 20.9 Å². The van der Waals surface area contributed by atoms with E-state index in [4.69, 9.17) is 16.6 Å². The van der Waals surface area contributed by atoms with Crippen molar-refractivity contribution in [3.05, 3.63) is 59.0 Å². The van der Waals surface area contributed by atoms with Crippen LogP contribution in [-0.2, 0) is 6.54 Å². The number of nitrogens with one attached hydrogen (secondary N) is 1. The van der Waals surface area contributed by atoms with Gasteiger partial charge in [-0.15, -0.1) is 0 Å². The van der Waals surface area contributed by atoms with E-state index in [0.29, 0.717) is 12.6 Å². The lowest BCUT2D eigenvalue weighted by molar-refractivity contribution is 0.570. The molecule has 1 atom stereocenters. The summed E-state index contributed by atoms with van der Waals surface area (Å²) in [7, 11) is 0. The van der Waals surface area contributed by atoms with Gasteiger partial charge in [0.05, 0.1) is 12.6 Å². The predicted octanol–water partition coefficient (Wildman–Crippen LogP) is 3.56. The summed E-state index contributed by atoms with van der Waals surface area (Å²) in [6.45, 7) is 1.74. The van der Waals surface area contributed by atoms with E-state index in [-0.39, 0.29) is 0 Å². The van der Waals surface area contributed by atoms with Gasteiger partial charge in [0.2, 0.25) is 0 Å². The quantitative estimate of drug-likeness (QED) is 0.804. The number of hydrogen-bond donors (Lipinski definition) is 1. The van der Waals surface area contributed by atoms with Crippen LogP contribution >= 0.6 is 11.6 Å². The predicted molar refractivity (Wildman–Crippen MR) is 88.1 cm³/mol. The first kappa shape index (κ1) is 13.7. The Morgan fingerprint density at radius 3 is 2.95 bits per heavy atom. The zero-order valence-corrected chi connectivity index (χ0v) is 12.9. The first-order valence-electron chi connectivity index (χ1n) is 7.61. The molecule has 1 saturated heterocycles. The van der Waals surface area contributed by atoms with Gasteiger partial charge >= 0.3 is 0 Å². The van der Waals surface area contributed by atoms with Gasteiger partial charge in [0.25, 0.3) is 0 Å². The first-order valence-corrected chi connectivity index (χ1v) is 7.98. The van der Waals surface area contributed by atoms with E-state index in [1.165, 1.54) is 6.42 Å². The van der Waals surface area contributed by atoms with E-state index in [1.54, 1.807) is 0 Å². The summed E-state index contributed by atoms with van der Waals surface area (Å²) in [4.78, 5) is 9.34. The number of imidazole rings is 1. The van der Waals surface area contributed by atoms with Crippen molar-refractivity contribution < 1.29 is 0 Å². The Kier molecular flexibility index (Phi) is 3.56. The molecule has 22 heavy (non-hydrogen) atoms. The molecular formula is C17H17ClN4. The number of halogens is 1. The molecule has 0 saturated carbocycles. The van der Waals surface area contributed by atoms with Crippen molar-refractivity contribution in [2.24, 2.45) is 0 Å². The number of rotatable bonds is 3. The molecule has 0 bridgehead atoms. The van der Waals surface area contributed by atoms with Gasteiger partial charge in [-0.1, -0.05) is 29.8 Å². The topological polar surface area (TPSA) is 42.7 Å². The van der Waals surface area contributed by atoms with Gasteiger partial charge in [-0.2, -0.15) is 0 Å². The molecule has 1 N–H and O–H groups in total. The third-order valence-electron chi connectivity index (χ3n) is 4.19. The van der Waals surface area contributed by atoms with Crippen LogP contribution in [0.2, 0.25) is 5.02 Å². The van der Waals surface area contributed by atoms with E-state index < -0.39 is 0 Å². The van der Waals surface area contributed by atoms with E-state index >= 15 is 0 Å². The van der Waals surface area contributed by atoms with Crippen molar-refractivity contribution in [3.63, 3.8) is 0 Å². The Morgan fingerprint density at radius 2 is 2.14 bits per heavy atom. The molecule has 1 fully saturated rings. The number of aromatic nitrogens is 3. The highest BCUT2D eigenvalue weighted by Crippen LogP contribution is 2.27. The molecule has 0 radical (unpaired) electrons. The molecule has 3 aromatic rings. The maximum atomic E-state index is 6.33. The van der Waals surface area contributed by atoms with Gasteiger partial charge in [0.15, 0.2) is 5.65 Å². The summed E-state index contributed by atoms with van der Waals surface area (Å²) in [5, 5.41) is 4.31. The molecule has 2 aromatic heterocycles. The van der Waals surface area contributed by atoms with Gasteiger partial charge in [-0.05, 0) is 43.1 Å². The van der Waals surface area contributed by atoms with Crippen LogP contribution in [0.25, 0.3) is 11.2 Å². The number of hydrogen-bond acceptors (Lipinski definition) is 3. The molecule has 0 aliphatic carbocycles. The summed E-state index contributed by atoms with van der Waals surface area (Å²) in [6, 6.07) is 12.2. The number of nitrogens with zero attached hydrogens (tertiary/aromatic N) is 3. The Hall–Kier alpha value is -1.91. The molecule has 1 aromatic carbocycles. The monoisotopic (exact) mass is 312 g/mol. The standard InChI is InChI=1S/C17H17ClN4/c18-13-6-2-1-5-12(13)11-22-16-15(8-4-10-20-16)21-17(22)14-7-3-9-19-14/h1-2,4-6,8,10,14,19H,3,7,9,11H2. The summed E-state index contributed by atoms with van der Waals surface area (Å²) >= 11 is 6.33. The second-order valence-electron chi connectivity index (χ2n) is 5.64. The Bertz CT molecular complexity index is 805. The molecule has 1 aliphatic rings. The molecule has 3 heterocycles. The SMILES string of the molecule is Clc1ccccc1Cn1c(C2CCCN2)nc2cccnc21. The average Bonchev–Trinajstić information content (AvgIpc) is 3.17. The fraction of sp³-hybridized carbons (Fsp3) is 0.294. The van der Waals surface area contributed by atoms with Gasteiger partial charge < -0.3 is 9.88 Å². The first-order chi connectivity index (χ1) is 10.8. The Balaban J connectivity index is 1.83. The average molecular weight is 313 g/mol. The molecule has 0 amide bonds. The largest absolute Gasteiger partial charge is 0.307 e. The van der Waals surface area contributed by atoms with Crippen LogP contribution < -0.4 is 5.32 Å². The lowest BCUT2D eigenvalue weighted by atomic mass is 10.2. The number of benzene rings is 1. The molecule has 1 aliphatic heterocycles. The highest BCUT2D eigenvalue weighted by atomic mass is 35.5. The lowest BCUT2D eigenvalue weighted by Gasteiger charge is -2.14. The summed E-state index contributed by atoms with van der Waals surface area (Å²) < 4.78 is 2.19. The van der Waals surface area contributed by atoms with Crippen LogP contribution in [0, 0.1) is 0 Å². The second-order valence-corrected chi connectivity index (χ2v) is 6.05. The van der Waals surface area contributed by atoms with Gasteiger partial charge in [0, 0.05) is 11.2 Å². The second kappa shape index (κ2) is 5.71. The Morgan fingerprint density at radius 1 is 1.23 bits per heavy atom. The summed E-state index contributed by atoms with van der Waals surface area (Å²) in [5.41, 5.74) is 2.96. The van der Waals surface area contributed by atoms with Crippen LogP contribution in [0.15, 0.2) is 42.6 Å². The zero-order chi connectivity index (χ0) is 14.9. The summed E-state index contributed by atoms with van der Waals surface area (Å²) in [6.07, 6.45) is 4.12. The van der Waals surface area contributed by atoms with Crippen molar-refractivity contribution in [1.29, 1.82) is 0 Å². The van der Waals surface area contributed by atoms with Crippen molar-refractivity contribution in [1.82, 2.24) is 19.9 Å². The molecule has 0 spiro atoms. The normalized spacial score (nSPS) is 18.1. The molecule has 5 heteroatoms. The maximum Gasteiger partial charge on any atom is 0.160 e. The van der Waals surface area contributed by atoms with E-state index in [0.717, 1.165) is 40.5 Å². The highest BCUT2D eigenvalue weighted by molar-refractivity contribution is 6.31. The molecule has 4 rings (SSSR count). The van der Waals surface area contributed by atoms with E-state index in [9.17, 15) is 0 Å². The van der Waals surface area contributed by atoms with Crippen molar-refractivity contribution in [2.45, 2.75) is 25.4 Å². The van der Waals surface area contributed by atoms with Gasteiger partial charge in [0.1, 0.15) is 11.3 Å². The molecule has 1 unspecified atom stereocenters. The van der Waals surface area contributed by atoms with Gasteiger partial charge in [-0.3, -0.25) is 0 Å². The van der Waals surface area contributed by atoms with Crippen molar-refractivity contribution in [3.8, 4) is 0 Å². The third kappa shape index (κ3) is 2.38. The summed E-state index contributed by atoms with van der Waals surface area (Å²) in [5.74, 6) is 1.06. The maximum absolute atomic E-state index is 6.33. The van der Waals surface area contributed by atoms with Crippen molar-refractivity contribution >= 4 is 22.8 Å². The van der Waals surface area contributed by atoms with Crippen LogP contribution in [0.1, 0.15) is 30.3 Å². The van der Waals surface area contributed by atoms with Crippen molar-refractivity contribution in [2.75, 3.05) is 6.54 Å². The number of fused-ring (bicyclic) bond motifs is 1. The van der Waals surface area contributed by atoms with E-state index in [1.807, 2.05) is 36.5 Å². The van der Waals surface area contributed by atoms with Crippen LogP contribution in [-0.4, -0.2) is 21.1 Å². The highest BCUT2D eigenvalue weighted by Gasteiger charge is 2.23. The molecule has 112 valence electrons. The minimum atomic E-state index is 0.302. The lowest BCUT2D eigenvalue weighted by Crippen LogP contribution is -2.18. The molecular weight excluding hydrogens is 296 g/mol.